The highest BCUT2D eigenvalue weighted by atomic mass is 32.2. The first-order valence-corrected chi connectivity index (χ1v) is 7.06. The van der Waals surface area contributed by atoms with Gasteiger partial charge in [-0.25, -0.2) is 4.98 Å². The highest BCUT2D eigenvalue weighted by Crippen LogP contribution is 2.24. The normalized spacial score (nSPS) is 19.2. The first kappa shape index (κ1) is 13.7. The van der Waals surface area contributed by atoms with Crippen LogP contribution in [0.3, 0.4) is 0 Å². The third-order valence-electron chi connectivity index (χ3n) is 2.92. The van der Waals surface area contributed by atoms with E-state index in [-0.39, 0.29) is 18.2 Å². The lowest BCUT2D eigenvalue weighted by Gasteiger charge is -2.35. The van der Waals surface area contributed by atoms with Crippen LogP contribution < -0.4 is 10.6 Å². The summed E-state index contributed by atoms with van der Waals surface area (Å²) in [6.07, 6.45) is 0.0650. The molecule has 2 rings (SSSR count). The summed E-state index contributed by atoms with van der Waals surface area (Å²) in [5.41, 5.74) is 5.41. The molecule has 1 amide bonds. The highest BCUT2D eigenvalue weighted by Gasteiger charge is 2.26. The average Bonchev–Trinajstić information content (AvgIpc) is 2.39. The van der Waals surface area contributed by atoms with Crippen LogP contribution in [-0.2, 0) is 4.79 Å². The molecule has 0 aliphatic carbocycles. The van der Waals surface area contributed by atoms with Crippen LogP contribution in [0.15, 0.2) is 18.2 Å². The van der Waals surface area contributed by atoms with Crippen molar-refractivity contribution in [3.63, 3.8) is 0 Å². The topological polar surface area (TPSA) is 96.5 Å². The summed E-state index contributed by atoms with van der Waals surface area (Å²) in [6, 6.07) is 4.93. The monoisotopic (exact) mass is 281 g/mol. The molecule has 1 unspecified atom stereocenters. The third-order valence-corrected chi connectivity index (χ3v) is 4.01. The molecule has 3 N–H and O–H groups in total. The van der Waals surface area contributed by atoms with Crippen LogP contribution in [-0.4, -0.2) is 46.1 Å². The Balaban J connectivity index is 2.24. The van der Waals surface area contributed by atoms with E-state index >= 15 is 0 Å². The van der Waals surface area contributed by atoms with Crippen LogP contribution in [0.4, 0.5) is 5.82 Å². The van der Waals surface area contributed by atoms with Crippen molar-refractivity contribution in [1.82, 2.24) is 4.98 Å². The second kappa shape index (κ2) is 5.92. The molecule has 1 aliphatic heterocycles. The number of carbonyl (C=O) groups is 2. The molecule has 0 aromatic carbocycles. The molecule has 0 bridgehead atoms. The Labute approximate surface area is 115 Å². The molecule has 1 aromatic heterocycles. The second-order valence-electron chi connectivity index (χ2n) is 4.27. The molecule has 2 heterocycles. The Hall–Kier alpha value is -1.76. The molecule has 7 heteroatoms. The van der Waals surface area contributed by atoms with Crippen molar-refractivity contribution >= 4 is 29.5 Å². The van der Waals surface area contributed by atoms with Crippen LogP contribution in [0.25, 0.3) is 0 Å². The lowest BCUT2D eigenvalue weighted by atomic mass is 10.2. The van der Waals surface area contributed by atoms with Crippen LogP contribution >= 0.6 is 11.8 Å². The molecule has 1 aromatic rings. The maximum absolute atomic E-state index is 11.1. The van der Waals surface area contributed by atoms with Crippen molar-refractivity contribution in [2.24, 2.45) is 5.73 Å². The van der Waals surface area contributed by atoms with E-state index in [1.165, 1.54) is 0 Å². The minimum Gasteiger partial charge on any atom is -0.481 e. The summed E-state index contributed by atoms with van der Waals surface area (Å²) in [6.45, 7) is 0.720. The summed E-state index contributed by atoms with van der Waals surface area (Å²) in [4.78, 5) is 28.2. The molecule has 0 saturated carbocycles. The largest absolute Gasteiger partial charge is 0.481 e. The van der Waals surface area contributed by atoms with Gasteiger partial charge in [-0.1, -0.05) is 6.07 Å². The summed E-state index contributed by atoms with van der Waals surface area (Å²) < 4.78 is 0. The zero-order chi connectivity index (χ0) is 13.8. The number of thioether (sulfide) groups is 1. The zero-order valence-electron chi connectivity index (χ0n) is 10.3. The molecular weight excluding hydrogens is 266 g/mol. The van der Waals surface area contributed by atoms with Gasteiger partial charge in [-0.05, 0) is 12.1 Å². The van der Waals surface area contributed by atoms with Gasteiger partial charge in [0.25, 0.3) is 5.91 Å². The Morgan fingerprint density at radius 3 is 3.00 bits per heavy atom. The summed E-state index contributed by atoms with van der Waals surface area (Å²) >= 11 is 1.73. The second-order valence-corrected chi connectivity index (χ2v) is 5.42. The van der Waals surface area contributed by atoms with Crippen molar-refractivity contribution in [3.05, 3.63) is 23.9 Å². The first-order chi connectivity index (χ1) is 9.08. The standard InChI is InChI=1S/C12H15N3O3S/c13-12(18)9-2-1-3-10(14-9)15-4-5-19-7-8(15)6-11(16)17/h1-3,8H,4-7H2,(H2,13,18)(H,16,17). The minimum atomic E-state index is -0.830. The van der Waals surface area contributed by atoms with E-state index in [1.807, 2.05) is 4.90 Å². The highest BCUT2D eigenvalue weighted by molar-refractivity contribution is 7.99. The van der Waals surface area contributed by atoms with E-state index in [4.69, 9.17) is 10.8 Å². The number of pyridine rings is 1. The van der Waals surface area contributed by atoms with Crippen molar-refractivity contribution < 1.29 is 14.7 Å². The van der Waals surface area contributed by atoms with E-state index in [2.05, 4.69) is 4.98 Å². The van der Waals surface area contributed by atoms with E-state index in [1.54, 1.807) is 30.0 Å². The average molecular weight is 281 g/mol. The molecule has 1 saturated heterocycles. The van der Waals surface area contributed by atoms with Crippen molar-refractivity contribution in [2.75, 3.05) is 23.0 Å². The number of primary amides is 1. The SMILES string of the molecule is NC(=O)c1cccc(N2CCSCC2CC(=O)O)n1. The van der Waals surface area contributed by atoms with Gasteiger partial charge in [-0.3, -0.25) is 9.59 Å². The van der Waals surface area contributed by atoms with Gasteiger partial charge in [0.05, 0.1) is 6.42 Å². The van der Waals surface area contributed by atoms with E-state index in [0.717, 1.165) is 18.1 Å². The number of nitrogens with zero attached hydrogens (tertiary/aromatic N) is 2. The molecule has 19 heavy (non-hydrogen) atoms. The minimum absolute atomic E-state index is 0.0650. The summed E-state index contributed by atoms with van der Waals surface area (Å²) in [7, 11) is 0. The molecule has 0 spiro atoms. The lowest BCUT2D eigenvalue weighted by Crippen LogP contribution is -2.44. The van der Waals surface area contributed by atoms with Gasteiger partial charge in [0.2, 0.25) is 0 Å². The predicted molar refractivity (Wildman–Crippen MR) is 73.5 cm³/mol. The van der Waals surface area contributed by atoms with Crippen LogP contribution in [0.2, 0.25) is 0 Å². The number of rotatable bonds is 4. The molecule has 1 fully saturated rings. The number of aromatic nitrogens is 1. The molecule has 6 nitrogen and oxygen atoms in total. The Morgan fingerprint density at radius 2 is 2.32 bits per heavy atom. The molecule has 102 valence electrons. The van der Waals surface area contributed by atoms with Gasteiger partial charge in [0, 0.05) is 24.1 Å². The Bertz CT molecular complexity index is 495. The van der Waals surface area contributed by atoms with Crippen molar-refractivity contribution in [3.8, 4) is 0 Å². The first-order valence-electron chi connectivity index (χ1n) is 5.91. The Kier molecular flexibility index (Phi) is 4.26. The molecular formula is C12H15N3O3S. The molecule has 1 aliphatic rings. The van der Waals surface area contributed by atoms with Gasteiger partial charge < -0.3 is 15.7 Å². The molecule has 1 atom stereocenters. The zero-order valence-corrected chi connectivity index (χ0v) is 11.1. The summed E-state index contributed by atoms with van der Waals surface area (Å²) in [5.74, 6) is 0.863. The van der Waals surface area contributed by atoms with Crippen LogP contribution in [0, 0.1) is 0 Å². The number of aliphatic carboxylic acids is 1. The third kappa shape index (κ3) is 3.37. The van der Waals surface area contributed by atoms with E-state index in [0.29, 0.717) is 5.82 Å². The quantitative estimate of drug-likeness (QED) is 0.838. The predicted octanol–water partition coefficient (Wildman–Crippen LogP) is 0.577. The number of anilines is 1. The number of hydrogen-bond donors (Lipinski definition) is 2. The fourth-order valence-electron chi connectivity index (χ4n) is 2.05. The van der Waals surface area contributed by atoms with Gasteiger partial charge in [-0.15, -0.1) is 0 Å². The Morgan fingerprint density at radius 1 is 1.53 bits per heavy atom. The number of nitrogens with two attached hydrogens (primary N) is 1. The van der Waals surface area contributed by atoms with Gasteiger partial charge >= 0.3 is 5.97 Å². The number of amides is 1. The van der Waals surface area contributed by atoms with Crippen molar-refractivity contribution in [2.45, 2.75) is 12.5 Å². The lowest BCUT2D eigenvalue weighted by molar-refractivity contribution is -0.137. The maximum atomic E-state index is 11.1. The van der Waals surface area contributed by atoms with Gasteiger partial charge in [0.15, 0.2) is 0 Å². The molecule has 0 radical (unpaired) electrons. The number of carboxylic acid groups (broad SMARTS) is 1. The fraction of sp³-hybridized carbons (Fsp3) is 0.417. The maximum Gasteiger partial charge on any atom is 0.305 e. The van der Waals surface area contributed by atoms with E-state index in [9.17, 15) is 9.59 Å². The number of hydrogen-bond acceptors (Lipinski definition) is 5. The van der Waals surface area contributed by atoms with Gasteiger partial charge in [0.1, 0.15) is 11.5 Å². The van der Waals surface area contributed by atoms with Crippen LogP contribution in [0.5, 0.6) is 0 Å². The van der Waals surface area contributed by atoms with Gasteiger partial charge in [-0.2, -0.15) is 11.8 Å². The fourth-order valence-corrected chi connectivity index (χ4v) is 3.11. The number of carboxylic acids is 1. The summed E-state index contributed by atoms with van der Waals surface area (Å²) in [5, 5.41) is 8.94. The van der Waals surface area contributed by atoms with Crippen LogP contribution in [0.1, 0.15) is 16.9 Å². The van der Waals surface area contributed by atoms with E-state index < -0.39 is 11.9 Å². The van der Waals surface area contributed by atoms with Crippen molar-refractivity contribution in [1.29, 1.82) is 0 Å². The smallest absolute Gasteiger partial charge is 0.305 e. The number of carbonyl (C=O) groups excluding carboxylic acids is 1.